The third-order valence-corrected chi connectivity index (χ3v) is 4.21. The second-order valence-electron chi connectivity index (χ2n) is 4.93. The van der Waals surface area contributed by atoms with Crippen LogP contribution >= 0.6 is 15.9 Å². The summed E-state index contributed by atoms with van der Waals surface area (Å²) in [6, 6.07) is 3.44. The van der Waals surface area contributed by atoms with Crippen molar-refractivity contribution in [2.75, 3.05) is 0 Å². The Hall–Kier alpha value is -0.900. The number of carbonyl (C=O) groups excluding carboxylic acids is 1. The van der Waals surface area contributed by atoms with Crippen molar-refractivity contribution in [3.63, 3.8) is 0 Å². The lowest BCUT2D eigenvalue weighted by Gasteiger charge is -2.23. The maximum atomic E-state index is 13.8. The van der Waals surface area contributed by atoms with Gasteiger partial charge in [-0.05, 0) is 43.4 Å². The van der Waals surface area contributed by atoms with E-state index in [9.17, 15) is 9.18 Å². The third kappa shape index (κ3) is 1.79. The Balaban J connectivity index is 1.96. The van der Waals surface area contributed by atoms with E-state index in [1.165, 1.54) is 18.9 Å². The summed E-state index contributed by atoms with van der Waals surface area (Å²) in [5.74, 6) is 0.0500. The molecule has 1 atom stereocenters. The first-order valence-corrected chi connectivity index (χ1v) is 6.66. The van der Waals surface area contributed by atoms with Crippen LogP contribution in [0.5, 0.6) is 0 Å². The summed E-state index contributed by atoms with van der Waals surface area (Å²) in [5, 5.41) is 0. The number of carbonyl (C=O) groups is 1. The largest absolute Gasteiger partial charge is 0.331 e. The van der Waals surface area contributed by atoms with E-state index >= 15 is 0 Å². The molecule has 1 saturated carbocycles. The average Bonchev–Trinajstić information content (AvgIpc) is 3.03. The van der Waals surface area contributed by atoms with Crippen molar-refractivity contribution in [2.45, 2.75) is 32.4 Å². The van der Waals surface area contributed by atoms with Gasteiger partial charge in [0.1, 0.15) is 5.82 Å². The average molecular weight is 298 g/mol. The number of nitrogens with zero attached hydrogens (tertiary/aromatic N) is 1. The second kappa shape index (κ2) is 3.80. The highest BCUT2D eigenvalue weighted by molar-refractivity contribution is 9.10. The summed E-state index contributed by atoms with van der Waals surface area (Å²) in [7, 11) is 0. The lowest BCUT2D eigenvalue weighted by atomic mass is 10.1. The molecule has 90 valence electrons. The lowest BCUT2D eigenvalue weighted by molar-refractivity contribution is 0.0694. The molecule has 17 heavy (non-hydrogen) atoms. The zero-order valence-corrected chi connectivity index (χ0v) is 11.1. The SMILES string of the molecule is C[C@@H](C1CC1)N1Cc2cc(Br)cc(F)c2C1=O. The Morgan fingerprint density at radius 2 is 2.18 bits per heavy atom. The minimum atomic E-state index is -0.412. The van der Waals surface area contributed by atoms with Crippen molar-refractivity contribution in [3.8, 4) is 0 Å². The van der Waals surface area contributed by atoms with Crippen LogP contribution in [0.4, 0.5) is 4.39 Å². The van der Waals surface area contributed by atoms with E-state index < -0.39 is 5.82 Å². The molecular formula is C13H13BrFNO. The van der Waals surface area contributed by atoms with E-state index in [-0.39, 0.29) is 17.5 Å². The monoisotopic (exact) mass is 297 g/mol. The molecule has 4 heteroatoms. The van der Waals surface area contributed by atoms with Crippen LogP contribution < -0.4 is 0 Å². The fourth-order valence-corrected chi connectivity index (χ4v) is 3.03. The molecule has 1 aliphatic carbocycles. The second-order valence-corrected chi connectivity index (χ2v) is 5.85. The summed E-state index contributed by atoms with van der Waals surface area (Å²) < 4.78 is 14.5. The Bertz CT molecular complexity index is 498. The van der Waals surface area contributed by atoms with Crippen LogP contribution in [0.25, 0.3) is 0 Å². The van der Waals surface area contributed by atoms with Gasteiger partial charge in [0, 0.05) is 17.1 Å². The molecule has 2 nitrogen and oxygen atoms in total. The molecular weight excluding hydrogens is 285 g/mol. The first kappa shape index (κ1) is 11.2. The minimum absolute atomic E-state index is 0.149. The van der Waals surface area contributed by atoms with E-state index in [0.29, 0.717) is 16.9 Å². The summed E-state index contributed by atoms with van der Waals surface area (Å²) >= 11 is 3.26. The van der Waals surface area contributed by atoms with Gasteiger partial charge in [-0.1, -0.05) is 15.9 Å². The van der Waals surface area contributed by atoms with Crippen molar-refractivity contribution < 1.29 is 9.18 Å². The number of amides is 1. The van der Waals surface area contributed by atoms with Crippen LogP contribution in [0.3, 0.4) is 0 Å². The predicted octanol–water partition coefficient (Wildman–Crippen LogP) is 3.34. The Labute approximate surface area is 108 Å². The third-order valence-electron chi connectivity index (χ3n) is 3.75. The number of benzene rings is 1. The highest BCUT2D eigenvalue weighted by atomic mass is 79.9. The maximum absolute atomic E-state index is 13.8. The van der Waals surface area contributed by atoms with E-state index in [0.717, 1.165) is 5.56 Å². The quantitative estimate of drug-likeness (QED) is 0.820. The molecule has 1 aliphatic heterocycles. The van der Waals surface area contributed by atoms with Gasteiger partial charge in [0.25, 0.3) is 5.91 Å². The molecule has 1 aromatic rings. The zero-order valence-electron chi connectivity index (χ0n) is 9.54. The van der Waals surface area contributed by atoms with Crippen LogP contribution in [-0.4, -0.2) is 16.8 Å². The van der Waals surface area contributed by atoms with E-state index in [4.69, 9.17) is 0 Å². The smallest absolute Gasteiger partial charge is 0.257 e. The summed E-state index contributed by atoms with van der Waals surface area (Å²) in [6.45, 7) is 2.61. The van der Waals surface area contributed by atoms with Crippen molar-refractivity contribution in [1.82, 2.24) is 4.90 Å². The van der Waals surface area contributed by atoms with Crippen LogP contribution in [0.1, 0.15) is 35.7 Å². The first-order valence-electron chi connectivity index (χ1n) is 5.87. The van der Waals surface area contributed by atoms with Crippen LogP contribution in [0.15, 0.2) is 16.6 Å². The first-order chi connectivity index (χ1) is 8.08. The molecule has 2 aliphatic rings. The number of halogens is 2. The maximum Gasteiger partial charge on any atom is 0.257 e. The van der Waals surface area contributed by atoms with Gasteiger partial charge >= 0.3 is 0 Å². The van der Waals surface area contributed by atoms with Crippen molar-refractivity contribution in [1.29, 1.82) is 0 Å². The van der Waals surface area contributed by atoms with Crippen LogP contribution in [0.2, 0.25) is 0 Å². The summed E-state index contributed by atoms with van der Waals surface area (Å²) in [5.41, 5.74) is 1.06. The number of rotatable bonds is 2. The van der Waals surface area contributed by atoms with E-state index in [1.54, 1.807) is 4.90 Å². The topological polar surface area (TPSA) is 20.3 Å². The minimum Gasteiger partial charge on any atom is -0.331 e. The van der Waals surface area contributed by atoms with Crippen molar-refractivity contribution >= 4 is 21.8 Å². The van der Waals surface area contributed by atoms with Gasteiger partial charge in [0.15, 0.2) is 0 Å². The summed E-state index contributed by atoms with van der Waals surface area (Å²) in [6.07, 6.45) is 2.38. The van der Waals surface area contributed by atoms with Gasteiger partial charge in [0.2, 0.25) is 0 Å². The lowest BCUT2D eigenvalue weighted by Crippen LogP contribution is -2.34. The highest BCUT2D eigenvalue weighted by Crippen LogP contribution is 2.39. The van der Waals surface area contributed by atoms with Crippen LogP contribution in [-0.2, 0) is 6.54 Å². The van der Waals surface area contributed by atoms with Crippen molar-refractivity contribution in [3.05, 3.63) is 33.5 Å². The van der Waals surface area contributed by atoms with Crippen molar-refractivity contribution in [2.24, 2.45) is 5.92 Å². The molecule has 0 unspecified atom stereocenters. The molecule has 3 rings (SSSR count). The highest BCUT2D eigenvalue weighted by Gasteiger charge is 2.39. The fourth-order valence-electron chi connectivity index (χ4n) is 2.55. The molecule has 0 N–H and O–H groups in total. The van der Waals surface area contributed by atoms with E-state index in [1.807, 2.05) is 6.07 Å². The van der Waals surface area contributed by atoms with Crippen LogP contribution in [0, 0.1) is 11.7 Å². The van der Waals surface area contributed by atoms with E-state index in [2.05, 4.69) is 22.9 Å². The van der Waals surface area contributed by atoms with Gasteiger partial charge in [-0.15, -0.1) is 0 Å². The molecule has 0 spiro atoms. The normalized spacial score (nSPS) is 20.6. The van der Waals surface area contributed by atoms with Gasteiger partial charge < -0.3 is 4.90 Å². The van der Waals surface area contributed by atoms with Gasteiger partial charge in [-0.2, -0.15) is 0 Å². The molecule has 0 bridgehead atoms. The Morgan fingerprint density at radius 3 is 2.82 bits per heavy atom. The molecule has 1 heterocycles. The Morgan fingerprint density at radius 1 is 1.47 bits per heavy atom. The van der Waals surface area contributed by atoms with Gasteiger partial charge in [-0.25, -0.2) is 4.39 Å². The molecule has 0 saturated heterocycles. The van der Waals surface area contributed by atoms with Gasteiger partial charge in [-0.3, -0.25) is 4.79 Å². The Kier molecular flexibility index (Phi) is 2.51. The number of fused-ring (bicyclic) bond motifs is 1. The number of hydrogen-bond donors (Lipinski definition) is 0. The zero-order chi connectivity index (χ0) is 12.2. The molecule has 0 aromatic heterocycles. The molecule has 1 amide bonds. The fraction of sp³-hybridized carbons (Fsp3) is 0.462. The standard InChI is InChI=1S/C13H13BrFNO/c1-7(8-2-3-8)16-6-9-4-10(14)5-11(15)12(9)13(16)17/h4-5,7-8H,2-3,6H2,1H3/t7-/m0/s1. The summed E-state index contributed by atoms with van der Waals surface area (Å²) in [4.78, 5) is 14.0. The molecule has 1 aromatic carbocycles. The predicted molar refractivity (Wildman–Crippen MR) is 66.2 cm³/mol. The molecule has 1 fully saturated rings. The van der Waals surface area contributed by atoms with Gasteiger partial charge in [0.05, 0.1) is 5.56 Å². The number of hydrogen-bond acceptors (Lipinski definition) is 1. The molecule has 0 radical (unpaired) electrons.